The smallest absolute Gasteiger partial charge is 0.246 e. The molecule has 0 atom stereocenters. The first-order valence-corrected chi connectivity index (χ1v) is 9.20. The highest BCUT2D eigenvalue weighted by atomic mass is 32.2. The van der Waals surface area contributed by atoms with E-state index in [2.05, 4.69) is 5.32 Å². The van der Waals surface area contributed by atoms with Gasteiger partial charge >= 0.3 is 0 Å². The van der Waals surface area contributed by atoms with E-state index in [0.717, 1.165) is 19.3 Å². The van der Waals surface area contributed by atoms with Crippen molar-refractivity contribution in [3.8, 4) is 5.75 Å². The summed E-state index contributed by atoms with van der Waals surface area (Å²) in [6.45, 7) is 3.00. The van der Waals surface area contributed by atoms with Crippen molar-refractivity contribution in [1.29, 1.82) is 0 Å². The Labute approximate surface area is 136 Å². The molecule has 0 unspecified atom stereocenters. The number of nitrogens with one attached hydrogen (secondary N) is 1. The molecule has 0 aromatic heterocycles. The van der Waals surface area contributed by atoms with Crippen LogP contribution in [0.15, 0.2) is 23.1 Å². The molecular formula is C15H23N3O4S. The Balaban J connectivity index is 2.39. The quantitative estimate of drug-likeness (QED) is 0.808. The van der Waals surface area contributed by atoms with Gasteiger partial charge in [0.05, 0.1) is 13.2 Å². The van der Waals surface area contributed by atoms with E-state index < -0.39 is 10.0 Å². The number of amides is 1. The predicted molar refractivity (Wildman–Crippen MR) is 87.9 cm³/mol. The topological polar surface area (TPSA) is 102 Å². The van der Waals surface area contributed by atoms with Gasteiger partial charge in [-0.3, -0.25) is 4.79 Å². The molecule has 0 spiro atoms. The molecular weight excluding hydrogens is 318 g/mol. The third-order valence-electron chi connectivity index (χ3n) is 3.65. The Morgan fingerprint density at radius 3 is 2.61 bits per heavy atom. The van der Waals surface area contributed by atoms with E-state index in [9.17, 15) is 13.2 Å². The molecule has 1 aromatic rings. The summed E-state index contributed by atoms with van der Waals surface area (Å²) in [5.41, 5.74) is 5.66. The fraction of sp³-hybridized carbons (Fsp3) is 0.533. The molecule has 23 heavy (non-hydrogen) atoms. The number of hydrogen-bond acceptors (Lipinski definition) is 5. The Morgan fingerprint density at radius 1 is 1.30 bits per heavy atom. The minimum absolute atomic E-state index is 0.0797. The number of sulfonamides is 1. The van der Waals surface area contributed by atoms with Crippen molar-refractivity contribution in [3.05, 3.63) is 18.2 Å². The van der Waals surface area contributed by atoms with Crippen LogP contribution in [0.1, 0.15) is 26.2 Å². The molecule has 0 bridgehead atoms. The zero-order valence-electron chi connectivity index (χ0n) is 13.2. The van der Waals surface area contributed by atoms with E-state index in [1.54, 1.807) is 19.1 Å². The normalized spacial score (nSPS) is 16.1. The molecule has 2 rings (SSSR count). The van der Waals surface area contributed by atoms with Crippen LogP contribution < -0.4 is 15.8 Å². The van der Waals surface area contributed by atoms with E-state index in [4.69, 9.17) is 10.5 Å². The van der Waals surface area contributed by atoms with Gasteiger partial charge in [0.2, 0.25) is 15.9 Å². The second-order valence-electron chi connectivity index (χ2n) is 5.31. The lowest BCUT2D eigenvalue weighted by Gasteiger charge is -2.27. The van der Waals surface area contributed by atoms with Gasteiger partial charge in [0.15, 0.2) is 0 Å². The molecule has 128 valence electrons. The number of benzene rings is 1. The molecule has 1 saturated heterocycles. The Kier molecular flexibility index (Phi) is 5.97. The Hall–Kier alpha value is -1.64. The van der Waals surface area contributed by atoms with Crippen LogP contribution in [-0.4, -0.2) is 44.9 Å². The van der Waals surface area contributed by atoms with Gasteiger partial charge in [0, 0.05) is 18.8 Å². The summed E-state index contributed by atoms with van der Waals surface area (Å²) in [4.78, 5) is 11.5. The van der Waals surface area contributed by atoms with Crippen LogP contribution >= 0.6 is 0 Å². The molecule has 3 N–H and O–H groups in total. The zero-order valence-corrected chi connectivity index (χ0v) is 14.1. The number of hydrogen-bond donors (Lipinski definition) is 2. The summed E-state index contributed by atoms with van der Waals surface area (Å²) >= 11 is 0. The summed E-state index contributed by atoms with van der Waals surface area (Å²) < 4.78 is 32.7. The molecule has 0 radical (unpaired) electrons. The maximum absolute atomic E-state index is 12.9. The molecule has 8 heteroatoms. The highest BCUT2D eigenvalue weighted by Gasteiger charge is 2.29. The first-order chi connectivity index (χ1) is 11.0. The SMILES string of the molecule is CCOc1ccc(NC(=O)CN)cc1S(=O)(=O)N1CCCCC1. The van der Waals surface area contributed by atoms with E-state index in [1.807, 2.05) is 0 Å². The van der Waals surface area contributed by atoms with Gasteiger partial charge in [-0.25, -0.2) is 8.42 Å². The first kappa shape index (κ1) is 17.7. The fourth-order valence-corrected chi connectivity index (χ4v) is 4.19. The lowest BCUT2D eigenvalue weighted by Crippen LogP contribution is -2.35. The van der Waals surface area contributed by atoms with Crippen molar-refractivity contribution in [3.63, 3.8) is 0 Å². The van der Waals surface area contributed by atoms with Crippen LogP contribution in [0.3, 0.4) is 0 Å². The zero-order chi connectivity index (χ0) is 16.9. The van der Waals surface area contributed by atoms with Crippen molar-refractivity contribution in [2.24, 2.45) is 5.73 Å². The van der Waals surface area contributed by atoms with Gasteiger partial charge in [-0.15, -0.1) is 0 Å². The number of nitrogens with zero attached hydrogens (tertiary/aromatic N) is 1. The third kappa shape index (κ3) is 4.21. The maximum atomic E-state index is 12.9. The van der Waals surface area contributed by atoms with Crippen LogP contribution in [-0.2, 0) is 14.8 Å². The number of ether oxygens (including phenoxy) is 1. The Bertz CT molecular complexity index is 655. The lowest BCUT2D eigenvalue weighted by molar-refractivity contribution is -0.114. The van der Waals surface area contributed by atoms with Gasteiger partial charge in [0.1, 0.15) is 10.6 Å². The van der Waals surface area contributed by atoms with Crippen LogP contribution in [0.4, 0.5) is 5.69 Å². The lowest BCUT2D eigenvalue weighted by atomic mass is 10.2. The standard InChI is InChI=1S/C15H23N3O4S/c1-2-22-13-7-6-12(17-15(19)11-16)10-14(13)23(20,21)18-8-4-3-5-9-18/h6-7,10H,2-5,8-9,11,16H2,1H3,(H,17,19). The third-order valence-corrected chi connectivity index (χ3v) is 5.57. The van der Waals surface area contributed by atoms with Crippen LogP contribution in [0.25, 0.3) is 0 Å². The minimum atomic E-state index is -3.65. The number of anilines is 1. The fourth-order valence-electron chi connectivity index (χ4n) is 2.52. The summed E-state index contributed by atoms with van der Waals surface area (Å²) in [7, 11) is -3.65. The maximum Gasteiger partial charge on any atom is 0.246 e. The van der Waals surface area contributed by atoms with E-state index in [-0.39, 0.29) is 17.3 Å². The molecule has 1 fully saturated rings. The second-order valence-corrected chi connectivity index (χ2v) is 7.22. The van der Waals surface area contributed by atoms with E-state index in [0.29, 0.717) is 31.1 Å². The molecule has 1 aliphatic rings. The van der Waals surface area contributed by atoms with Crippen molar-refractivity contribution >= 4 is 21.6 Å². The Morgan fingerprint density at radius 2 is 2.00 bits per heavy atom. The molecule has 1 amide bonds. The highest BCUT2D eigenvalue weighted by Crippen LogP contribution is 2.31. The number of carbonyl (C=O) groups is 1. The predicted octanol–water partition coefficient (Wildman–Crippen LogP) is 1.16. The van der Waals surface area contributed by atoms with Crippen LogP contribution in [0.5, 0.6) is 5.75 Å². The van der Waals surface area contributed by atoms with E-state index >= 15 is 0 Å². The van der Waals surface area contributed by atoms with Crippen molar-refractivity contribution < 1.29 is 17.9 Å². The first-order valence-electron chi connectivity index (χ1n) is 7.76. The number of rotatable bonds is 6. The molecule has 1 aliphatic heterocycles. The number of piperidine rings is 1. The highest BCUT2D eigenvalue weighted by molar-refractivity contribution is 7.89. The monoisotopic (exact) mass is 341 g/mol. The molecule has 0 saturated carbocycles. The van der Waals surface area contributed by atoms with Crippen LogP contribution in [0, 0.1) is 0 Å². The van der Waals surface area contributed by atoms with Gasteiger partial charge in [0.25, 0.3) is 0 Å². The number of carbonyl (C=O) groups excluding carboxylic acids is 1. The van der Waals surface area contributed by atoms with Gasteiger partial charge in [-0.05, 0) is 38.0 Å². The molecule has 0 aliphatic carbocycles. The largest absolute Gasteiger partial charge is 0.492 e. The molecule has 7 nitrogen and oxygen atoms in total. The van der Waals surface area contributed by atoms with Gasteiger partial charge < -0.3 is 15.8 Å². The van der Waals surface area contributed by atoms with E-state index in [1.165, 1.54) is 10.4 Å². The van der Waals surface area contributed by atoms with Gasteiger partial charge in [-0.1, -0.05) is 6.42 Å². The van der Waals surface area contributed by atoms with Crippen LogP contribution in [0.2, 0.25) is 0 Å². The van der Waals surface area contributed by atoms with Crippen molar-refractivity contribution in [2.45, 2.75) is 31.1 Å². The minimum Gasteiger partial charge on any atom is -0.492 e. The average Bonchev–Trinajstić information content (AvgIpc) is 2.57. The van der Waals surface area contributed by atoms with Crippen molar-refractivity contribution in [1.82, 2.24) is 4.31 Å². The summed E-state index contributed by atoms with van der Waals surface area (Å²) in [5.74, 6) is -0.0840. The second kappa shape index (κ2) is 7.76. The summed E-state index contributed by atoms with van der Waals surface area (Å²) in [5, 5.41) is 2.57. The van der Waals surface area contributed by atoms with Gasteiger partial charge in [-0.2, -0.15) is 4.31 Å². The average molecular weight is 341 g/mol. The number of nitrogens with two attached hydrogens (primary N) is 1. The summed E-state index contributed by atoms with van der Waals surface area (Å²) in [6, 6.07) is 4.60. The van der Waals surface area contributed by atoms with Crippen molar-refractivity contribution in [2.75, 3.05) is 31.6 Å². The molecule has 1 aromatic carbocycles. The molecule has 1 heterocycles. The summed E-state index contributed by atoms with van der Waals surface area (Å²) in [6.07, 6.45) is 2.75.